The van der Waals surface area contributed by atoms with Crippen LogP contribution in [0.4, 0.5) is 0 Å². The highest BCUT2D eigenvalue weighted by molar-refractivity contribution is 7.92. The summed E-state index contributed by atoms with van der Waals surface area (Å²) in [6.45, 7) is 3.36. The van der Waals surface area contributed by atoms with Crippen molar-refractivity contribution >= 4 is 9.84 Å². The molecule has 100 valence electrons. The molecule has 0 aromatic rings. The lowest BCUT2D eigenvalue weighted by atomic mass is 10.1. The van der Waals surface area contributed by atoms with Crippen LogP contribution in [-0.4, -0.2) is 50.0 Å². The highest BCUT2D eigenvalue weighted by atomic mass is 32.2. The molecule has 0 aromatic carbocycles. The van der Waals surface area contributed by atoms with Gasteiger partial charge in [-0.2, -0.15) is 0 Å². The van der Waals surface area contributed by atoms with Crippen molar-refractivity contribution in [2.75, 3.05) is 26.2 Å². The third-order valence-corrected chi connectivity index (χ3v) is 7.01. The average Bonchev–Trinajstić information content (AvgIpc) is 2.84. The van der Waals surface area contributed by atoms with Crippen molar-refractivity contribution in [3.8, 4) is 0 Å². The van der Waals surface area contributed by atoms with Crippen molar-refractivity contribution in [2.45, 2.75) is 49.0 Å². The largest absolute Gasteiger partial charge is 0.329 e. The standard InChI is InChI=1S/C12H24N2O2S/c13-7-10-14-8-5-12(6-9-14)17(15,16)11-3-1-2-4-11/h11-12H,1-10,13H2. The van der Waals surface area contributed by atoms with Crippen molar-refractivity contribution in [1.29, 1.82) is 0 Å². The maximum atomic E-state index is 12.4. The zero-order valence-corrected chi connectivity index (χ0v) is 11.3. The second kappa shape index (κ2) is 5.67. The Morgan fingerprint density at radius 3 is 2.06 bits per heavy atom. The molecule has 0 bridgehead atoms. The van der Waals surface area contributed by atoms with Crippen LogP contribution < -0.4 is 5.73 Å². The molecule has 1 saturated carbocycles. The van der Waals surface area contributed by atoms with Gasteiger partial charge in [-0.05, 0) is 38.8 Å². The number of nitrogens with two attached hydrogens (primary N) is 1. The van der Waals surface area contributed by atoms with Crippen LogP contribution in [0.1, 0.15) is 38.5 Å². The van der Waals surface area contributed by atoms with E-state index in [2.05, 4.69) is 4.90 Å². The zero-order valence-electron chi connectivity index (χ0n) is 10.5. The summed E-state index contributed by atoms with van der Waals surface area (Å²) in [6.07, 6.45) is 5.58. The molecule has 2 N–H and O–H groups in total. The average molecular weight is 260 g/mol. The first-order chi connectivity index (χ1) is 8.14. The first-order valence-corrected chi connectivity index (χ1v) is 8.40. The Morgan fingerprint density at radius 1 is 1.00 bits per heavy atom. The maximum Gasteiger partial charge on any atom is 0.156 e. The van der Waals surface area contributed by atoms with E-state index in [9.17, 15) is 8.42 Å². The van der Waals surface area contributed by atoms with Crippen LogP contribution in [0.3, 0.4) is 0 Å². The first kappa shape index (κ1) is 13.3. The monoisotopic (exact) mass is 260 g/mol. The third kappa shape index (κ3) is 3.01. The number of sulfone groups is 1. The van der Waals surface area contributed by atoms with Crippen molar-refractivity contribution in [1.82, 2.24) is 4.90 Å². The second-order valence-electron chi connectivity index (χ2n) is 5.33. The number of likely N-dealkylation sites (tertiary alicyclic amines) is 1. The van der Waals surface area contributed by atoms with Gasteiger partial charge in [0.2, 0.25) is 0 Å². The minimum Gasteiger partial charge on any atom is -0.329 e. The van der Waals surface area contributed by atoms with Gasteiger partial charge >= 0.3 is 0 Å². The molecule has 0 atom stereocenters. The van der Waals surface area contributed by atoms with Crippen LogP contribution in [-0.2, 0) is 9.84 Å². The molecule has 1 aliphatic heterocycles. The van der Waals surface area contributed by atoms with Gasteiger partial charge in [-0.1, -0.05) is 12.8 Å². The number of piperidine rings is 1. The summed E-state index contributed by atoms with van der Waals surface area (Å²) in [5.41, 5.74) is 5.52. The fourth-order valence-electron chi connectivity index (χ4n) is 3.13. The Labute approximate surface area is 104 Å². The van der Waals surface area contributed by atoms with E-state index >= 15 is 0 Å². The van der Waals surface area contributed by atoms with E-state index in [1.165, 1.54) is 0 Å². The van der Waals surface area contributed by atoms with E-state index < -0.39 is 9.84 Å². The Balaban J connectivity index is 1.91. The number of nitrogens with zero attached hydrogens (tertiary/aromatic N) is 1. The highest BCUT2D eigenvalue weighted by Crippen LogP contribution is 2.30. The van der Waals surface area contributed by atoms with Gasteiger partial charge in [0.1, 0.15) is 0 Å². The van der Waals surface area contributed by atoms with E-state index in [-0.39, 0.29) is 10.5 Å². The van der Waals surface area contributed by atoms with Crippen molar-refractivity contribution in [3.05, 3.63) is 0 Å². The summed E-state index contributed by atoms with van der Waals surface area (Å²) in [4.78, 5) is 2.28. The highest BCUT2D eigenvalue weighted by Gasteiger charge is 2.37. The molecular weight excluding hydrogens is 236 g/mol. The Hall–Kier alpha value is -0.130. The molecule has 2 fully saturated rings. The van der Waals surface area contributed by atoms with Crippen LogP contribution in [0.2, 0.25) is 0 Å². The molecule has 1 heterocycles. The molecule has 2 aliphatic rings. The molecule has 0 spiro atoms. The van der Waals surface area contributed by atoms with Crippen molar-refractivity contribution < 1.29 is 8.42 Å². The van der Waals surface area contributed by atoms with E-state index in [1.54, 1.807) is 0 Å². The van der Waals surface area contributed by atoms with Crippen LogP contribution in [0, 0.1) is 0 Å². The number of rotatable bonds is 4. The lowest BCUT2D eigenvalue weighted by Crippen LogP contribution is -2.43. The number of hydrogen-bond donors (Lipinski definition) is 1. The smallest absolute Gasteiger partial charge is 0.156 e. The molecular formula is C12H24N2O2S. The normalized spacial score (nSPS) is 25.5. The summed E-state index contributed by atoms with van der Waals surface area (Å²) in [7, 11) is -2.86. The van der Waals surface area contributed by atoms with Crippen molar-refractivity contribution in [3.63, 3.8) is 0 Å². The molecule has 0 unspecified atom stereocenters. The predicted molar refractivity (Wildman–Crippen MR) is 69.7 cm³/mol. The molecule has 0 amide bonds. The van der Waals surface area contributed by atoms with E-state index in [0.29, 0.717) is 6.54 Å². The minimum absolute atomic E-state index is 0.0337. The van der Waals surface area contributed by atoms with Crippen molar-refractivity contribution in [2.24, 2.45) is 5.73 Å². The zero-order chi connectivity index (χ0) is 12.3. The Morgan fingerprint density at radius 2 is 1.53 bits per heavy atom. The SMILES string of the molecule is NCCN1CCC(S(=O)(=O)C2CCCC2)CC1. The van der Waals surface area contributed by atoms with E-state index in [1.807, 2.05) is 0 Å². The Bertz CT molecular complexity index is 328. The van der Waals surface area contributed by atoms with Crippen LogP contribution in [0.25, 0.3) is 0 Å². The van der Waals surface area contributed by atoms with Gasteiger partial charge in [-0.25, -0.2) is 8.42 Å². The topological polar surface area (TPSA) is 63.4 Å². The lowest BCUT2D eigenvalue weighted by Gasteiger charge is -2.32. The fraction of sp³-hybridized carbons (Fsp3) is 1.00. The molecule has 17 heavy (non-hydrogen) atoms. The Kier molecular flexibility index (Phi) is 4.44. The van der Waals surface area contributed by atoms with Gasteiger partial charge in [0.25, 0.3) is 0 Å². The summed E-state index contributed by atoms with van der Waals surface area (Å²) >= 11 is 0. The summed E-state index contributed by atoms with van der Waals surface area (Å²) in [5, 5.41) is -0.117. The summed E-state index contributed by atoms with van der Waals surface area (Å²) < 4.78 is 24.8. The van der Waals surface area contributed by atoms with Gasteiger partial charge in [0.05, 0.1) is 10.5 Å². The minimum atomic E-state index is -2.86. The second-order valence-corrected chi connectivity index (χ2v) is 7.84. The fourth-order valence-corrected chi connectivity index (χ4v) is 5.54. The van der Waals surface area contributed by atoms with Gasteiger partial charge in [0, 0.05) is 13.1 Å². The molecule has 4 nitrogen and oxygen atoms in total. The van der Waals surface area contributed by atoms with Crippen LogP contribution in [0.5, 0.6) is 0 Å². The van der Waals surface area contributed by atoms with Crippen LogP contribution in [0.15, 0.2) is 0 Å². The molecule has 2 rings (SSSR count). The van der Waals surface area contributed by atoms with Gasteiger partial charge in [0.15, 0.2) is 9.84 Å². The first-order valence-electron chi connectivity index (χ1n) is 6.79. The molecule has 5 heteroatoms. The maximum absolute atomic E-state index is 12.4. The summed E-state index contributed by atoms with van der Waals surface area (Å²) in [5.74, 6) is 0. The number of hydrogen-bond acceptors (Lipinski definition) is 4. The van der Waals surface area contributed by atoms with E-state index in [0.717, 1.165) is 58.2 Å². The predicted octanol–water partition coefficient (Wildman–Crippen LogP) is 0.767. The quantitative estimate of drug-likeness (QED) is 0.811. The molecule has 0 aromatic heterocycles. The molecule has 1 aliphatic carbocycles. The molecule has 1 saturated heterocycles. The van der Waals surface area contributed by atoms with E-state index in [4.69, 9.17) is 5.73 Å². The lowest BCUT2D eigenvalue weighted by molar-refractivity contribution is 0.235. The third-order valence-electron chi connectivity index (χ3n) is 4.21. The summed E-state index contributed by atoms with van der Waals surface area (Å²) in [6, 6.07) is 0. The molecule has 0 radical (unpaired) electrons. The van der Waals surface area contributed by atoms with Gasteiger partial charge < -0.3 is 10.6 Å². The van der Waals surface area contributed by atoms with Gasteiger partial charge in [-0.15, -0.1) is 0 Å². The van der Waals surface area contributed by atoms with Crippen LogP contribution >= 0.6 is 0 Å². The van der Waals surface area contributed by atoms with Gasteiger partial charge in [-0.3, -0.25) is 0 Å².